The van der Waals surface area contributed by atoms with E-state index in [9.17, 15) is 9.90 Å². The van der Waals surface area contributed by atoms with Crippen molar-refractivity contribution < 1.29 is 14.6 Å². The van der Waals surface area contributed by atoms with Crippen molar-refractivity contribution in [3.8, 4) is 0 Å². The lowest BCUT2D eigenvalue weighted by molar-refractivity contribution is -0.135. The molecule has 16 heavy (non-hydrogen) atoms. The van der Waals surface area contributed by atoms with Crippen molar-refractivity contribution in [3.05, 3.63) is 0 Å². The second kappa shape index (κ2) is 6.18. The minimum atomic E-state index is -0.398. The molecule has 0 aromatic carbocycles. The van der Waals surface area contributed by atoms with E-state index in [0.717, 1.165) is 0 Å². The summed E-state index contributed by atoms with van der Waals surface area (Å²) >= 11 is 0. The summed E-state index contributed by atoms with van der Waals surface area (Å²) < 4.78 is 4.99. The van der Waals surface area contributed by atoms with Crippen LogP contribution in [0.3, 0.4) is 0 Å². The van der Waals surface area contributed by atoms with Gasteiger partial charge >= 0.3 is 0 Å². The van der Waals surface area contributed by atoms with E-state index in [0.29, 0.717) is 26.1 Å². The van der Waals surface area contributed by atoms with E-state index in [1.165, 1.54) is 0 Å². The average Bonchev–Trinajstić information content (AvgIpc) is 2.64. The van der Waals surface area contributed by atoms with Crippen LogP contribution in [0.2, 0.25) is 0 Å². The van der Waals surface area contributed by atoms with Gasteiger partial charge < -0.3 is 20.1 Å². The number of nitrogens with one attached hydrogen (secondary N) is 1. The fourth-order valence-electron chi connectivity index (χ4n) is 1.92. The third-order valence-electron chi connectivity index (χ3n) is 2.85. The van der Waals surface area contributed by atoms with Gasteiger partial charge in [-0.1, -0.05) is 0 Å². The lowest BCUT2D eigenvalue weighted by atomic mass is 10.1. The summed E-state index contributed by atoms with van der Waals surface area (Å²) in [6.07, 6.45) is 0.111. The van der Waals surface area contributed by atoms with Crippen LogP contribution >= 0.6 is 0 Å². The molecule has 1 heterocycles. The third kappa shape index (κ3) is 3.43. The molecule has 5 nitrogen and oxygen atoms in total. The Balaban J connectivity index is 2.53. The zero-order valence-corrected chi connectivity index (χ0v) is 10.3. The van der Waals surface area contributed by atoms with Crippen LogP contribution in [0.1, 0.15) is 20.3 Å². The third-order valence-corrected chi connectivity index (χ3v) is 2.85. The van der Waals surface area contributed by atoms with Gasteiger partial charge in [0.1, 0.15) is 0 Å². The summed E-state index contributed by atoms with van der Waals surface area (Å²) in [5.41, 5.74) is 0. The Morgan fingerprint density at radius 3 is 2.75 bits per heavy atom. The molecule has 5 heteroatoms. The summed E-state index contributed by atoms with van der Waals surface area (Å²) in [4.78, 5) is 13.9. The van der Waals surface area contributed by atoms with Crippen molar-refractivity contribution in [1.29, 1.82) is 0 Å². The van der Waals surface area contributed by atoms with Gasteiger partial charge in [-0.2, -0.15) is 0 Å². The molecule has 0 aromatic heterocycles. The zero-order valence-electron chi connectivity index (χ0n) is 10.3. The number of aliphatic hydroxyl groups excluding tert-OH is 1. The van der Waals surface area contributed by atoms with Crippen LogP contribution in [0.25, 0.3) is 0 Å². The molecule has 94 valence electrons. The molecule has 0 bridgehead atoms. The van der Waals surface area contributed by atoms with Gasteiger partial charge in [-0.05, 0) is 20.3 Å². The van der Waals surface area contributed by atoms with E-state index in [2.05, 4.69) is 5.32 Å². The highest BCUT2D eigenvalue weighted by atomic mass is 16.5. The van der Waals surface area contributed by atoms with Crippen LogP contribution in [-0.4, -0.2) is 60.9 Å². The number of nitrogens with zero attached hydrogens (tertiary/aromatic N) is 1. The number of hydrogen-bond donors (Lipinski definition) is 2. The molecule has 0 spiro atoms. The van der Waals surface area contributed by atoms with Gasteiger partial charge in [0.05, 0.1) is 18.8 Å². The SMILES string of the molecule is COCCN(C(=O)C1CC(O)CN1)C(C)C. The highest BCUT2D eigenvalue weighted by Crippen LogP contribution is 2.11. The first-order valence-electron chi connectivity index (χ1n) is 5.77. The van der Waals surface area contributed by atoms with Crippen molar-refractivity contribution in [3.63, 3.8) is 0 Å². The fraction of sp³-hybridized carbons (Fsp3) is 0.909. The topological polar surface area (TPSA) is 61.8 Å². The molecule has 2 unspecified atom stereocenters. The van der Waals surface area contributed by atoms with Crippen LogP contribution < -0.4 is 5.32 Å². The number of rotatable bonds is 5. The summed E-state index contributed by atoms with van der Waals surface area (Å²) in [5, 5.41) is 12.4. The Kier molecular flexibility index (Phi) is 5.18. The van der Waals surface area contributed by atoms with Crippen molar-refractivity contribution in [2.75, 3.05) is 26.8 Å². The van der Waals surface area contributed by atoms with E-state index in [-0.39, 0.29) is 18.0 Å². The van der Waals surface area contributed by atoms with Crippen LogP contribution in [-0.2, 0) is 9.53 Å². The van der Waals surface area contributed by atoms with Crippen LogP contribution in [0.5, 0.6) is 0 Å². The Morgan fingerprint density at radius 1 is 1.62 bits per heavy atom. The van der Waals surface area contributed by atoms with E-state index < -0.39 is 6.10 Å². The summed E-state index contributed by atoms with van der Waals surface area (Å²) in [5.74, 6) is 0.0589. The van der Waals surface area contributed by atoms with Gasteiger partial charge in [0, 0.05) is 26.2 Å². The Morgan fingerprint density at radius 2 is 2.31 bits per heavy atom. The molecule has 2 N–H and O–H groups in total. The maximum Gasteiger partial charge on any atom is 0.240 e. The Labute approximate surface area is 96.8 Å². The van der Waals surface area contributed by atoms with Gasteiger partial charge in [0.25, 0.3) is 0 Å². The summed E-state index contributed by atoms with van der Waals surface area (Å²) in [6, 6.07) is -0.0866. The molecule has 1 fully saturated rings. The first-order chi connectivity index (χ1) is 7.56. The molecule has 1 rings (SSSR count). The molecular weight excluding hydrogens is 208 g/mol. The minimum absolute atomic E-state index is 0.0589. The smallest absolute Gasteiger partial charge is 0.240 e. The molecule has 0 aliphatic carbocycles. The van der Waals surface area contributed by atoms with Gasteiger partial charge in [-0.15, -0.1) is 0 Å². The van der Waals surface area contributed by atoms with Gasteiger partial charge in [0.2, 0.25) is 5.91 Å². The van der Waals surface area contributed by atoms with E-state index in [4.69, 9.17) is 4.74 Å². The number of aliphatic hydroxyl groups is 1. The van der Waals surface area contributed by atoms with Crippen LogP contribution in [0.4, 0.5) is 0 Å². The van der Waals surface area contributed by atoms with E-state index >= 15 is 0 Å². The maximum absolute atomic E-state index is 12.1. The second-order valence-corrected chi connectivity index (χ2v) is 4.47. The molecular formula is C11H22N2O3. The monoisotopic (exact) mass is 230 g/mol. The number of carbonyl (C=O) groups is 1. The molecule has 0 aromatic rings. The zero-order chi connectivity index (χ0) is 12.1. The molecule has 2 atom stereocenters. The van der Waals surface area contributed by atoms with E-state index in [1.807, 2.05) is 13.8 Å². The largest absolute Gasteiger partial charge is 0.392 e. The normalized spacial score (nSPS) is 25.1. The first-order valence-corrected chi connectivity index (χ1v) is 5.77. The molecule has 0 saturated carbocycles. The summed E-state index contributed by atoms with van der Waals surface area (Å²) in [7, 11) is 1.63. The van der Waals surface area contributed by atoms with Crippen LogP contribution in [0.15, 0.2) is 0 Å². The Bertz CT molecular complexity index is 233. The van der Waals surface area contributed by atoms with Crippen molar-refractivity contribution >= 4 is 5.91 Å². The number of ether oxygens (including phenoxy) is 1. The number of carbonyl (C=O) groups excluding carboxylic acids is 1. The number of amides is 1. The molecule has 1 amide bonds. The quantitative estimate of drug-likeness (QED) is 0.674. The van der Waals surface area contributed by atoms with Crippen molar-refractivity contribution in [2.45, 2.75) is 38.5 Å². The highest BCUT2D eigenvalue weighted by molar-refractivity contribution is 5.82. The molecule has 1 saturated heterocycles. The minimum Gasteiger partial charge on any atom is -0.392 e. The number of β-amino-alcohol motifs (C(OH)–C–C–N with tert-alkyl or cyclic N) is 1. The first kappa shape index (κ1) is 13.4. The standard InChI is InChI=1S/C11H22N2O3/c1-8(2)13(4-5-16-3)11(15)10-6-9(14)7-12-10/h8-10,12,14H,4-7H2,1-3H3. The predicted octanol–water partition coefficient (Wildman–Crippen LogP) is -0.407. The van der Waals surface area contributed by atoms with Gasteiger partial charge in [-0.25, -0.2) is 0 Å². The lowest BCUT2D eigenvalue weighted by Crippen LogP contribution is -2.48. The average molecular weight is 230 g/mol. The second-order valence-electron chi connectivity index (χ2n) is 4.47. The van der Waals surface area contributed by atoms with Gasteiger partial charge in [0.15, 0.2) is 0 Å². The van der Waals surface area contributed by atoms with E-state index in [1.54, 1.807) is 12.0 Å². The fourth-order valence-corrected chi connectivity index (χ4v) is 1.92. The summed E-state index contributed by atoms with van der Waals surface area (Å²) in [6.45, 7) is 5.62. The predicted molar refractivity (Wildman–Crippen MR) is 61.1 cm³/mol. The highest BCUT2D eigenvalue weighted by Gasteiger charge is 2.31. The molecule has 1 aliphatic rings. The maximum atomic E-state index is 12.1. The number of methoxy groups -OCH3 is 1. The van der Waals surface area contributed by atoms with Crippen molar-refractivity contribution in [2.24, 2.45) is 0 Å². The molecule has 1 aliphatic heterocycles. The lowest BCUT2D eigenvalue weighted by Gasteiger charge is -2.29. The van der Waals surface area contributed by atoms with Crippen LogP contribution in [0, 0.1) is 0 Å². The van der Waals surface area contributed by atoms with Crippen molar-refractivity contribution in [1.82, 2.24) is 10.2 Å². The number of hydrogen-bond acceptors (Lipinski definition) is 4. The van der Waals surface area contributed by atoms with Gasteiger partial charge in [-0.3, -0.25) is 4.79 Å². The Hall–Kier alpha value is -0.650. The molecule has 0 radical (unpaired) electrons.